The van der Waals surface area contributed by atoms with Gasteiger partial charge in [-0.15, -0.1) is 0 Å². The number of nitrogens with one attached hydrogen (secondary N) is 1. The lowest BCUT2D eigenvalue weighted by atomic mass is 10.2. The molecule has 0 aliphatic carbocycles. The third-order valence-electron chi connectivity index (χ3n) is 1.99. The normalized spacial score (nSPS) is 18.4. The van der Waals surface area contributed by atoms with Crippen molar-refractivity contribution < 1.29 is 43.9 Å². The van der Waals surface area contributed by atoms with Gasteiger partial charge in [0.1, 0.15) is 6.67 Å². The zero-order valence-corrected chi connectivity index (χ0v) is 8.38. The number of nitrogens with zero attached hydrogens (tertiary/aromatic N) is 2. The summed E-state index contributed by atoms with van der Waals surface area (Å²) in [5.41, 5.74) is 1.23. The number of halogens is 10. The van der Waals surface area contributed by atoms with E-state index >= 15 is 0 Å². The topological polar surface area (TPSA) is 27.6 Å². The van der Waals surface area contributed by atoms with Crippen LogP contribution in [0.3, 0.4) is 0 Å². The highest BCUT2D eigenvalue weighted by Crippen LogP contribution is 2.44. The van der Waals surface area contributed by atoms with E-state index in [-0.39, 0.29) is 0 Å². The van der Waals surface area contributed by atoms with E-state index in [1.807, 2.05) is 0 Å². The molecule has 0 saturated carbocycles. The van der Waals surface area contributed by atoms with Crippen LogP contribution in [0.4, 0.5) is 43.9 Å². The fourth-order valence-electron chi connectivity index (χ4n) is 1.07. The highest BCUT2D eigenvalue weighted by atomic mass is 19.4. The molecule has 0 atom stereocenters. The molecule has 0 fully saturated rings. The molecule has 1 aliphatic heterocycles. The van der Waals surface area contributed by atoms with Gasteiger partial charge in [-0.05, 0) is 0 Å². The van der Waals surface area contributed by atoms with E-state index in [9.17, 15) is 43.9 Å². The Morgan fingerprint density at radius 1 is 0.842 bits per heavy atom. The Labute approximate surface area is 97.4 Å². The molecule has 0 spiro atoms. The maximum atomic E-state index is 12.8. The van der Waals surface area contributed by atoms with Crippen molar-refractivity contribution in [2.45, 2.75) is 24.3 Å². The zero-order valence-electron chi connectivity index (χ0n) is 8.38. The minimum atomic E-state index is -6.36. The summed E-state index contributed by atoms with van der Waals surface area (Å²) in [6, 6.07) is -5.93. The van der Waals surface area contributed by atoms with Crippen molar-refractivity contribution in [1.82, 2.24) is 10.3 Å². The van der Waals surface area contributed by atoms with Crippen molar-refractivity contribution in [3.05, 3.63) is 0 Å². The Morgan fingerprint density at radius 3 is 1.68 bits per heavy atom. The van der Waals surface area contributed by atoms with Crippen LogP contribution in [-0.2, 0) is 0 Å². The van der Waals surface area contributed by atoms with Crippen LogP contribution in [0.25, 0.3) is 0 Å². The van der Waals surface area contributed by atoms with Gasteiger partial charge in [-0.25, -0.2) is 0 Å². The average Bonchev–Trinajstić information content (AvgIpc) is 2.62. The third-order valence-corrected chi connectivity index (χ3v) is 1.99. The van der Waals surface area contributed by atoms with Crippen molar-refractivity contribution in [3.8, 4) is 0 Å². The van der Waals surface area contributed by atoms with Crippen LogP contribution in [0.5, 0.6) is 0 Å². The summed E-state index contributed by atoms with van der Waals surface area (Å²) in [5.74, 6) is -8.70. The second-order valence-corrected chi connectivity index (χ2v) is 3.29. The molecule has 1 aliphatic rings. The minimum Gasteiger partial charge on any atom is -0.288 e. The number of rotatable bonds is 2. The Balaban J connectivity index is 3.18. The Morgan fingerprint density at radius 2 is 1.32 bits per heavy atom. The number of hydrazone groups is 1. The van der Waals surface area contributed by atoms with E-state index in [4.69, 9.17) is 0 Å². The second kappa shape index (κ2) is 4.03. The average molecular weight is 307 g/mol. The van der Waals surface area contributed by atoms with Crippen molar-refractivity contribution in [3.63, 3.8) is 0 Å². The summed E-state index contributed by atoms with van der Waals surface area (Å²) in [7, 11) is 0. The Kier molecular flexibility index (Phi) is 3.31. The van der Waals surface area contributed by atoms with E-state index in [1.165, 1.54) is 5.43 Å². The number of hydrogen-bond donors (Lipinski definition) is 1. The van der Waals surface area contributed by atoms with Gasteiger partial charge in [0.25, 0.3) is 0 Å². The SMILES string of the molecule is FC(F)(F)C(F)(F)C1=NNCN1C(F)(F)C(F)(F)F. The zero-order chi connectivity index (χ0) is 15.3. The summed E-state index contributed by atoms with van der Waals surface area (Å²) in [5, 5.41) is 2.18. The number of hydrogen-bond acceptors (Lipinski definition) is 3. The lowest BCUT2D eigenvalue weighted by molar-refractivity contribution is -0.330. The fourth-order valence-corrected chi connectivity index (χ4v) is 1.07. The number of alkyl halides is 10. The van der Waals surface area contributed by atoms with Gasteiger partial charge in [0, 0.05) is 0 Å². The predicted molar refractivity (Wildman–Crippen MR) is 39.3 cm³/mol. The maximum absolute atomic E-state index is 12.8. The molecule has 1 heterocycles. The van der Waals surface area contributed by atoms with Gasteiger partial charge in [0.05, 0.1) is 0 Å². The quantitative estimate of drug-likeness (QED) is 0.627. The van der Waals surface area contributed by atoms with Crippen molar-refractivity contribution in [1.29, 1.82) is 0 Å². The largest absolute Gasteiger partial charge is 0.475 e. The van der Waals surface area contributed by atoms with Gasteiger partial charge in [-0.1, -0.05) is 0 Å². The molecule has 13 heteroatoms. The van der Waals surface area contributed by atoms with E-state index in [0.29, 0.717) is 0 Å². The van der Waals surface area contributed by atoms with Gasteiger partial charge in [0.2, 0.25) is 5.84 Å². The summed E-state index contributed by atoms with van der Waals surface area (Å²) >= 11 is 0. The lowest BCUT2D eigenvalue weighted by Crippen LogP contribution is -2.60. The highest BCUT2D eigenvalue weighted by molar-refractivity contribution is 5.91. The van der Waals surface area contributed by atoms with Gasteiger partial charge in [-0.3, -0.25) is 10.3 Å². The molecule has 0 amide bonds. The molecule has 0 unspecified atom stereocenters. The predicted octanol–water partition coefficient (Wildman–Crippen LogP) is 2.52. The van der Waals surface area contributed by atoms with Crippen LogP contribution < -0.4 is 5.43 Å². The molecule has 0 saturated heterocycles. The summed E-state index contributed by atoms with van der Waals surface area (Å²) in [6.45, 7) is -1.65. The minimum absolute atomic E-state index is 1.23. The highest BCUT2D eigenvalue weighted by Gasteiger charge is 2.71. The molecule has 19 heavy (non-hydrogen) atoms. The van der Waals surface area contributed by atoms with Crippen LogP contribution in [0.1, 0.15) is 0 Å². The van der Waals surface area contributed by atoms with E-state index in [2.05, 4.69) is 5.10 Å². The van der Waals surface area contributed by atoms with Crippen molar-refractivity contribution >= 4 is 5.84 Å². The van der Waals surface area contributed by atoms with E-state index in [0.717, 1.165) is 0 Å². The summed E-state index contributed by atoms with van der Waals surface area (Å²) in [6.07, 6.45) is -12.7. The van der Waals surface area contributed by atoms with Crippen molar-refractivity contribution in [2.75, 3.05) is 6.67 Å². The first-order valence-electron chi connectivity index (χ1n) is 4.20. The molecule has 1 N–H and O–H groups in total. The first kappa shape index (κ1) is 15.6. The van der Waals surface area contributed by atoms with Gasteiger partial charge >= 0.3 is 24.3 Å². The summed E-state index contributed by atoms with van der Waals surface area (Å²) in [4.78, 5) is -1.49. The molecule has 0 radical (unpaired) electrons. The number of amidine groups is 1. The fraction of sp³-hybridized carbons (Fsp3) is 0.833. The van der Waals surface area contributed by atoms with E-state index in [1.54, 1.807) is 0 Å². The standard InChI is InChI=1S/C6H3F10N3/c7-3(8,4(9,10)11)2-18-17-1-19(2)6(15,16)5(12,13)14/h17H,1H2. The van der Waals surface area contributed by atoms with Crippen molar-refractivity contribution in [2.24, 2.45) is 5.10 Å². The lowest BCUT2D eigenvalue weighted by Gasteiger charge is -2.33. The van der Waals surface area contributed by atoms with Gasteiger partial charge in [0.15, 0.2) is 0 Å². The van der Waals surface area contributed by atoms with Gasteiger partial charge < -0.3 is 0 Å². The van der Waals surface area contributed by atoms with Crippen LogP contribution in [0.15, 0.2) is 5.10 Å². The third kappa shape index (κ3) is 2.36. The van der Waals surface area contributed by atoms with E-state index < -0.39 is 41.7 Å². The second-order valence-electron chi connectivity index (χ2n) is 3.29. The summed E-state index contributed by atoms with van der Waals surface area (Å²) < 4.78 is 123. The maximum Gasteiger partial charge on any atom is 0.475 e. The van der Waals surface area contributed by atoms with Crippen LogP contribution in [0, 0.1) is 0 Å². The Hall–Kier alpha value is -1.43. The molecular formula is C6H3F10N3. The van der Waals surface area contributed by atoms with Gasteiger partial charge in [-0.2, -0.15) is 49.0 Å². The van der Waals surface area contributed by atoms with Crippen LogP contribution >= 0.6 is 0 Å². The molecule has 1 rings (SSSR count). The monoisotopic (exact) mass is 307 g/mol. The molecule has 0 aromatic rings. The molecular weight excluding hydrogens is 304 g/mol. The molecule has 0 aromatic heterocycles. The molecule has 0 aromatic carbocycles. The molecule has 112 valence electrons. The smallest absolute Gasteiger partial charge is 0.288 e. The first-order chi connectivity index (χ1) is 8.23. The van der Waals surface area contributed by atoms with Crippen LogP contribution in [0.2, 0.25) is 0 Å². The first-order valence-corrected chi connectivity index (χ1v) is 4.20. The van der Waals surface area contributed by atoms with Crippen LogP contribution in [-0.4, -0.2) is 41.7 Å². The molecule has 0 bridgehead atoms. The molecule has 3 nitrogen and oxygen atoms in total. The Bertz CT molecular complexity index is 380.